The van der Waals surface area contributed by atoms with Gasteiger partial charge in [0.05, 0.1) is 35.7 Å². The zero-order valence-corrected chi connectivity index (χ0v) is 19.5. The maximum Gasteiger partial charge on any atom is 0.278 e. The lowest BCUT2D eigenvalue weighted by Crippen LogP contribution is -2.43. The Labute approximate surface area is 190 Å². The van der Waals surface area contributed by atoms with Gasteiger partial charge in [0.25, 0.3) is 5.91 Å². The van der Waals surface area contributed by atoms with Crippen LogP contribution in [0.4, 0.5) is 5.13 Å². The highest BCUT2D eigenvalue weighted by atomic mass is 35.5. The van der Waals surface area contributed by atoms with E-state index in [9.17, 15) is 4.79 Å². The molecule has 1 amide bonds. The van der Waals surface area contributed by atoms with E-state index in [0.29, 0.717) is 53.4 Å². The summed E-state index contributed by atoms with van der Waals surface area (Å²) in [6.45, 7) is 8.86. The van der Waals surface area contributed by atoms with Crippen molar-refractivity contribution >= 4 is 44.2 Å². The average Bonchev–Trinajstić information content (AvgIpc) is 3.39. The molecule has 0 spiro atoms. The lowest BCUT2D eigenvalue weighted by molar-refractivity contribution is 0.0391. The van der Waals surface area contributed by atoms with Crippen LogP contribution in [-0.2, 0) is 11.3 Å². The third-order valence-corrected chi connectivity index (χ3v) is 6.85. The predicted octanol–water partition coefficient (Wildman–Crippen LogP) is 3.46. The highest BCUT2D eigenvalue weighted by Crippen LogP contribution is 2.39. The Morgan fingerprint density at radius 1 is 1.35 bits per heavy atom. The van der Waals surface area contributed by atoms with E-state index in [0.717, 1.165) is 30.0 Å². The van der Waals surface area contributed by atoms with Crippen LogP contribution in [0.15, 0.2) is 18.2 Å². The summed E-state index contributed by atoms with van der Waals surface area (Å²) < 4.78 is 13.5. The van der Waals surface area contributed by atoms with Crippen LogP contribution in [-0.4, -0.2) is 72.1 Å². The number of rotatable bonds is 7. The fourth-order valence-electron chi connectivity index (χ4n) is 3.67. The molecule has 3 aromatic rings. The molecule has 1 saturated heterocycles. The number of carbonyl (C=O) groups is 1. The van der Waals surface area contributed by atoms with Crippen molar-refractivity contribution in [3.63, 3.8) is 0 Å². The Kier molecular flexibility index (Phi) is 6.76. The molecule has 0 N–H and O–H groups in total. The van der Waals surface area contributed by atoms with Gasteiger partial charge in [-0.15, -0.1) is 0 Å². The van der Waals surface area contributed by atoms with Crippen molar-refractivity contribution in [3.05, 3.63) is 34.6 Å². The molecule has 1 fully saturated rings. The SMILES string of the molecule is CCn1nc(C)cc1C(=O)N(CCN1CCOCC1)c1nc2c(OC)ccc(Cl)c2s1. The second-order valence-corrected chi connectivity index (χ2v) is 8.71. The van der Waals surface area contributed by atoms with Crippen molar-refractivity contribution in [1.29, 1.82) is 0 Å². The first-order valence-corrected chi connectivity index (χ1v) is 11.5. The summed E-state index contributed by atoms with van der Waals surface area (Å²) in [5, 5.41) is 5.64. The number of benzene rings is 1. The summed E-state index contributed by atoms with van der Waals surface area (Å²) in [5.74, 6) is 0.516. The highest BCUT2D eigenvalue weighted by molar-refractivity contribution is 7.23. The second-order valence-electron chi connectivity index (χ2n) is 7.32. The number of hydrogen-bond acceptors (Lipinski definition) is 7. The van der Waals surface area contributed by atoms with Crippen molar-refractivity contribution < 1.29 is 14.3 Å². The number of halogens is 1. The van der Waals surface area contributed by atoms with Gasteiger partial charge in [0.1, 0.15) is 17.0 Å². The van der Waals surface area contributed by atoms with Crippen LogP contribution >= 0.6 is 22.9 Å². The molecule has 1 aliphatic heterocycles. The molecule has 10 heteroatoms. The number of methoxy groups -OCH3 is 1. The molecule has 1 aromatic carbocycles. The number of aryl methyl sites for hydroxylation is 2. The lowest BCUT2D eigenvalue weighted by Gasteiger charge is -2.29. The molecule has 0 bridgehead atoms. The third kappa shape index (κ3) is 4.55. The molecule has 8 nitrogen and oxygen atoms in total. The Bertz CT molecular complexity index is 1080. The molecule has 31 heavy (non-hydrogen) atoms. The first kappa shape index (κ1) is 22.0. The highest BCUT2D eigenvalue weighted by Gasteiger charge is 2.26. The van der Waals surface area contributed by atoms with Crippen molar-refractivity contribution in [2.45, 2.75) is 20.4 Å². The van der Waals surface area contributed by atoms with Crippen LogP contribution in [0.2, 0.25) is 5.02 Å². The summed E-state index contributed by atoms with van der Waals surface area (Å²) >= 11 is 7.83. The first-order valence-electron chi connectivity index (χ1n) is 10.3. The van der Waals surface area contributed by atoms with Crippen molar-refractivity contribution in [2.75, 3.05) is 51.4 Å². The van der Waals surface area contributed by atoms with E-state index in [1.807, 2.05) is 19.9 Å². The number of anilines is 1. The number of fused-ring (bicyclic) bond motifs is 1. The van der Waals surface area contributed by atoms with Crippen molar-refractivity contribution in [3.8, 4) is 5.75 Å². The van der Waals surface area contributed by atoms with Crippen molar-refractivity contribution in [1.82, 2.24) is 19.7 Å². The van der Waals surface area contributed by atoms with E-state index in [2.05, 4.69) is 10.00 Å². The third-order valence-electron chi connectivity index (χ3n) is 5.31. The molecule has 4 rings (SSSR count). The molecule has 0 aliphatic carbocycles. The lowest BCUT2D eigenvalue weighted by atomic mass is 10.3. The van der Waals surface area contributed by atoms with E-state index in [-0.39, 0.29) is 5.91 Å². The van der Waals surface area contributed by atoms with E-state index < -0.39 is 0 Å². The minimum atomic E-state index is -0.121. The summed E-state index contributed by atoms with van der Waals surface area (Å²) in [4.78, 5) is 22.4. The summed E-state index contributed by atoms with van der Waals surface area (Å²) in [7, 11) is 1.60. The topological polar surface area (TPSA) is 72.7 Å². The number of amides is 1. The molecule has 1 aliphatic rings. The van der Waals surface area contributed by atoms with E-state index >= 15 is 0 Å². The number of nitrogens with zero attached hydrogens (tertiary/aromatic N) is 5. The van der Waals surface area contributed by atoms with Crippen LogP contribution in [0.5, 0.6) is 5.75 Å². The zero-order valence-electron chi connectivity index (χ0n) is 17.9. The molecule has 3 heterocycles. The fourth-order valence-corrected chi connectivity index (χ4v) is 4.95. The largest absolute Gasteiger partial charge is 0.494 e. The maximum atomic E-state index is 13.7. The number of morpholine rings is 1. The van der Waals surface area contributed by atoms with Gasteiger partial charge in [-0.25, -0.2) is 4.98 Å². The van der Waals surface area contributed by atoms with Gasteiger partial charge in [-0.05, 0) is 32.0 Å². The van der Waals surface area contributed by atoms with Crippen LogP contribution in [0.25, 0.3) is 10.2 Å². The van der Waals surface area contributed by atoms with E-state index in [1.165, 1.54) is 11.3 Å². The number of hydrogen-bond donors (Lipinski definition) is 0. The molecular weight excluding hydrogens is 438 g/mol. The standard InChI is InChI=1S/C21H26ClN5O3S/c1-4-27-16(13-14(2)24-27)20(28)26(8-7-25-9-11-30-12-10-25)21-23-18-17(29-3)6-5-15(22)19(18)31-21/h5-6,13H,4,7-12H2,1-3H3. The van der Waals surface area contributed by atoms with Crippen LogP contribution < -0.4 is 9.64 Å². The van der Waals surface area contributed by atoms with Gasteiger partial charge in [0.2, 0.25) is 0 Å². The quantitative estimate of drug-likeness (QED) is 0.534. The maximum absolute atomic E-state index is 13.7. The number of aromatic nitrogens is 3. The Morgan fingerprint density at radius 2 is 2.13 bits per heavy atom. The van der Waals surface area contributed by atoms with Gasteiger partial charge in [-0.3, -0.25) is 19.3 Å². The van der Waals surface area contributed by atoms with Gasteiger partial charge in [-0.2, -0.15) is 5.10 Å². The minimum Gasteiger partial charge on any atom is -0.494 e. The predicted molar refractivity (Wildman–Crippen MR) is 123 cm³/mol. The van der Waals surface area contributed by atoms with E-state index in [1.54, 1.807) is 28.8 Å². The molecule has 2 aromatic heterocycles. The van der Waals surface area contributed by atoms with Gasteiger partial charge in [0.15, 0.2) is 5.13 Å². The molecule has 0 unspecified atom stereocenters. The Hall–Kier alpha value is -2.20. The zero-order chi connectivity index (χ0) is 22.0. The average molecular weight is 464 g/mol. The van der Waals surface area contributed by atoms with Gasteiger partial charge >= 0.3 is 0 Å². The summed E-state index contributed by atoms with van der Waals surface area (Å²) in [6.07, 6.45) is 0. The molecular formula is C21H26ClN5O3S. The normalized spacial score (nSPS) is 14.8. The molecule has 0 atom stereocenters. The molecule has 0 radical (unpaired) electrons. The molecule has 0 saturated carbocycles. The van der Waals surface area contributed by atoms with E-state index in [4.69, 9.17) is 26.1 Å². The Morgan fingerprint density at radius 3 is 2.84 bits per heavy atom. The van der Waals surface area contributed by atoms with Crippen LogP contribution in [0.3, 0.4) is 0 Å². The summed E-state index contributed by atoms with van der Waals surface area (Å²) in [6, 6.07) is 5.41. The smallest absolute Gasteiger partial charge is 0.278 e. The van der Waals surface area contributed by atoms with Gasteiger partial charge in [0, 0.05) is 32.7 Å². The van der Waals surface area contributed by atoms with Crippen LogP contribution in [0.1, 0.15) is 23.1 Å². The van der Waals surface area contributed by atoms with Gasteiger partial charge in [-0.1, -0.05) is 22.9 Å². The van der Waals surface area contributed by atoms with Gasteiger partial charge < -0.3 is 9.47 Å². The monoisotopic (exact) mass is 463 g/mol. The number of carbonyl (C=O) groups excluding carboxylic acids is 1. The fraction of sp³-hybridized carbons (Fsp3) is 0.476. The Balaban J connectivity index is 1.71. The minimum absolute atomic E-state index is 0.121. The summed E-state index contributed by atoms with van der Waals surface area (Å²) in [5.41, 5.74) is 2.03. The van der Waals surface area contributed by atoms with Crippen molar-refractivity contribution in [2.24, 2.45) is 0 Å². The first-order chi connectivity index (χ1) is 15.0. The molecule has 166 valence electrons. The number of thiazole rings is 1. The number of ether oxygens (including phenoxy) is 2. The second kappa shape index (κ2) is 9.52. The van der Waals surface area contributed by atoms with Crippen LogP contribution in [0, 0.1) is 6.92 Å².